The highest BCUT2D eigenvalue weighted by Gasteiger charge is 2.15. The molecule has 0 fully saturated rings. The van der Waals surface area contributed by atoms with Crippen LogP contribution in [0.2, 0.25) is 0 Å². The van der Waals surface area contributed by atoms with Crippen molar-refractivity contribution in [2.24, 2.45) is 0 Å². The summed E-state index contributed by atoms with van der Waals surface area (Å²) in [4.78, 5) is 27.7. The van der Waals surface area contributed by atoms with Gasteiger partial charge in [-0.2, -0.15) is 0 Å². The predicted molar refractivity (Wildman–Crippen MR) is 191 cm³/mol. The zero-order valence-corrected chi connectivity index (χ0v) is 25.8. The largest absolute Gasteiger partial charge is 0.264 e. The molecule has 0 saturated heterocycles. The van der Waals surface area contributed by atoms with Gasteiger partial charge in [0.15, 0.2) is 17.5 Å². The van der Waals surface area contributed by atoms with Crippen LogP contribution in [0.15, 0.2) is 171 Å². The number of hydrogen-bond acceptors (Lipinski definition) is 6. The number of hydrogen-bond donors (Lipinski definition) is 0. The van der Waals surface area contributed by atoms with Crippen LogP contribution in [-0.2, 0) is 0 Å². The Kier molecular flexibility index (Phi) is 7.79. The molecule has 0 unspecified atom stereocenters. The molecule has 0 aliphatic heterocycles. The number of pyridine rings is 1. The SMILES string of the molecule is c1ccc(-c2nc(-c3ccccc3)nc(-c3cc(-c4ccc(-c5cccnc5)cc4)cc(-c4ccc(-c5ccncn5)cc4)c3)n2)cc1. The zero-order valence-electron chi connectivity index (χ0n) is 25.8. The van der Waals surface area contributed by atoms with E-state index in [1.165, 1.54) is 0 Å². The van der Waals surface area contributed by atoms with Gasteiger partial charge in [-0.3, -0.25) is 4.98 Å². The summed E-state index contributed by atoms with van der Waals surface area (Å²) >= 11 is 0. The van der Waals surface area contributed by atoms with Crippen molar-refractivity contribution in [2.45, 2.75) is 0 Å². The Bertz CT molecular complexity index is 2130. The zero-order chi connectivity index (χ0) is 32.1. The first-order chi connectivity index (χ1) is 23.8. The molecule has 0 aliphatic rings. The standard InChI is InChI=1S/C42H28N6/c1-3-8-33(9-4-1)40-46-41(34-10-5-2-6-11-34)48-42(47-40)38-25-36(30-15-13-29(14-16-30)35-12-7-22-43-27-35)24-37(26-38)31-17-19-32(20-18-31)39-21-23-44-28-45-39/h1-28H. The third-order valence-corrected chi connectivity index (χ3v) is 8.20. The van der Waals surface area contributed by atoms with Gasteiger partial charge in [0.05, 0.1) is 5.69 Å². The molecule has 0 amide bonds. The van der Waals surface area contributed by atoms with Crippen LogP contribution in [0.1, 0.15) is 0 Å². The van der Waals surface area contributed by atoms with Crippen LogP contribution in [-0.4, -0.2) is 29.9 Å². The molecule has 0 aliphatic carbocycles. The molecule has 0 saturated carbocycles. The minimum Gasteiger partial charge on any atom is -0.264 e. The fourth-order valence-corrected chi connectivity index (χ4v) is 5.71. The highest BCUT2D eigenvalue weighted by Crippen LogP contribution is 2.35. The summed E-state index contributed by atoms with van der Waals surface area (Å²) in [5, 5.41) is 0. The molecule has 226 valence electrons. The molecule has 3 aromatic heterocycles. The van der Waals surface area contributed by atoms with E-state index in [1.54, 1.807) is 18.7 Å². The Labute approximate surface area is 278 Å². The minimum absolute atomic E-state index is 0.607. The van der Waals surface area contributed by atoms with Gasteiger partial charge in [-0.1, -0.05) is 115 Å². The van der Waals surface area contributed by atoms with Crippen LogP contribution in [0.25, 0.3) is 78.8 Å². The summed E-state index contributed by atoms with van der Waals surface area (Å²) in [6.45, 7) is 0. The number of rotatable bonds is 7. The highest BCUT2D eigenvalue weighted by molar-refractivity contribution is 5.82. The quantitative estimate of drug-likeness (QED) is 0.177. The topological polar surface area (TPSA) is 77.3 Å². The molecular formula is C42H28N6. The van der Waals surface area contributed by atoms with Crippen LogP contribution in [0, 0.1) is 0 Å². The molecule has 0 atom stereocenters. The van der Waals surface area contributed by atoms with Crippen molar-refractivity contribution in [1.82, 2.24) is 29.9 Å². The van der Waals surface area contributed by atoms with Gasteiger partial charge >= 0.3 is 0 Å². The van der Waals surface area contributed by atoms with E-state index in [9.17, 15) is 0 Å². The van der Waals surface area contributed by atoms with Crippen LogP contribution in [0.4, 0.5) is 0 Å². The molecule has 5 aromatic carbocycles. The molecule has 0 radical (unpaired) electrons. The van der Waals surface area contributed by atoms with Gasteiger partial charge < -0.3 is 0 Å². The summed E-state index contributed by atoms with van der Waals surface area (Å²) in [5.41, 5.74) is 11.1. The summed E-state index contributed by atoms with van der Waals surface area (Å²) in [7, 11) is 0. The second-order valence-electron chi connectivity index (χ2n) is 11.3. The van der Waals surface area contributed by atoms with Gasteiger partial charge in [-0.05, 0) is 63.7 Å². The summed E-state index contributed by atoms with van der Waals surface area (Å²) < 4.78 is 0. The van der Waals surface area contributed by atoms with Crippen LogP contribution < -0.4 is 0 Å². The average molecular weight is 617 g/mol. The van der Waals surface area contributed by atoms with Gasteiger partial charge in [-0.25, -0.2) is 24.9 Å². The van der Waals surface area contributed by atoms with Gasteiger partial charge in [0.1, 0.15) is 6.33 Å². The lowest BCUT2D eigenvalue weighted by Crippen LogP contribution is -2.00. The maximum atomic E-state index is 5.03. The van der Waals surface area contributed by atoms with E-state index in [0.29, 0.717) is 17.5 Å². The number of nitrogens with zero attached hydrogens (tertiary/aromatic N) is 6. The molecule has 48 heavy (non-hydrogen) atoms. The normalized spacial score (nSPS) is 10.9. The van der Waals surface area contributed by atoms with Crippen molar-refractivity contribution >= 4 is 0 Å². The summed E-state index contributed by atoms with van der Waals surface area (Å²) in [6, 6.07) is 49.6. The van der Waals surface area contributed by atoms with Crippen molar-refractivity contribution in [3.63, 3.8) is 0 Å². The van der Waals surface area contributed by atoms with Crippen molar-refractivity contribution < 1.29 is 0 Å². The minimum atomic E-state index is 0.607. The third kappa shape index (κ3) is 6.10. The second-order valence-corrected chi connectivity index (χ2v) is 11.3. The first-order valence-electron chi connectivity index (χ1n) is 15.7. The third-order valence-electron chi connectivity index (χ3n) is 8.20. The van der Waals surface area contributed by atoms with Gasteiger partial charge in [0.2, 0.25) is 0 Å². The average Bonchev–Trinajstić information content (AvgIpc) is 3.19. The van der Waals surface area contributed by atoms with Crippen molar-refractivity contribution in [3.8, 4) is 78.8 Å². The Hall–Kier alpha value is -6.66. The van der Waals surface area contributed by atoms with Crippen LogP contribution in [0.3, 0.4) is 0 Å². The first-order valence-corrected chi connectivity index (χ1v) is 15.7. The van der Waals surface area contributed by atoms with Gasteiger partial charge in [-0.15, -0.1) is 0 Å². The fourth-order valence-electron chi connectivity index (χ4n) is 5.71. The maximum Gasteiger partial charge on any atom is 0.164 e. The lowest BCUT2D eigenvalue weighted by molar-refractivity contribution is 1.07. The molecule has 8 rings (SSSR count). The molecular weight excluding hydrogens is 589 g/mol. The Morgan fingerprint density at radius 2 is 0.792 bits per heavy atom. The van der Waals surface area contributed by atoms with Crippen molar-refractivity contribution in [1.29, 1.82) is 0 Å². The maximum absolute atomic E-state index is 5.03. The van der Waals surface area contributed by atoms with E-state index < -0.39 is 0 Å². The van der Waals surface area contributed by atoms with Gasteiger partial charge in [0.25, 0.3) is 0 Å². The van der Waals surface area contributed by atoms with E-state index in [4.69, 9.17) is 15.0 Å². The van der Waals surface area contributed by atoms with E-state index in [0.717, 1.165) is 61.3 Å². The Balaban J connectivity index is 1.28. The fraction of sp³-hybridized carbons (Fsp3) is 0. The van der Waals surface area contributed by atoms with E-state index in [1.807, 2.05) is 79.0 Å². The Morgan fingerprint density at radius 3 is 1.29 bits per heavy atom. The Morgan fingerprint density at radius 1 is 0.312 bits per heavy atom. The monoisotopic (exact) mass is 616 g/mol. The van der Waals surface area contributed by atoms with Crippen molar-refractivity contribution in [3.05, 3.63) is 171 Å². The first kappa shape index (κ1) is 28.8. The van der Waals surface area contributed by atoms with E-state index >= 15 is 0 Å². The molecule has 0 spiro atoms. The molecule has 6 nitrogen and oxygen atoms in total. The van der Waals surface area contributed by atoms with Crippen LogP contribution >= 0.6 is 0 Å². The molecule has 6 heteroatoms. The molecule has 0 bridgehead atoms. The molecule has 0 N–H and O–H groups in total. The van der Waals surface area contributed by atoms with Crippen LogP contribution in [0.5, 0.6) is 0 Å². The number of benzene rings is 5. The summed E-state index contributed by atoms with van der Waals surface area (Å²) in [6.07, 6.45) is 7.00. The molecule has 8 aromatic rings. The van der Waals surface area contributed by atoms with Gasteiger partial charge in [0, 0.05) is 40.8 Å². The lowest BCUT2D eigenvalue weighted by atomic mass is 9.94. The smallest absolute Gasteiger partial charge is 0.164 e. The highest BCUT2D eigenvalue weighted by atomic mass is 15.0. The predicted octanol–water partition coefficient (Wildman–Crippen LogP) is 9.73. The van der Waals surface area contributed by atoms with Crippen molar-refractivity contribution in [2.75, 3.05) is 0 Å². The molecule has 3 heterocycles. The second kappa shape index (κ2) is 13.0. The lowest BCUT2D eigenvalue weighted by Gasteiger charge is -2.13. The van der Waals surface area contributed by atoms with E-state index in [2.05, 4.69) is 87.7 Å². The number of aromatic nitrogens is 6. The summed E-state index contributed by atoms with van der Waals surface area (Å²) in [5.74, 6) is 1.86. The van der Waals surface area contributed by atoms with E-state index in [-0.39, 0.29) is 0 Å².